The summed E-state index contributed by atoms with van der Waals surface area (Å²) in [7, 11) is -3.59. The van der Waals surface area contributed by atoms with Crippen molar-refractivity contribution in [3.63, 3.8) is 0 Å². The van der Waals surface area contributed by atoms with Gasteiger partial charge in [-0.3, -0.25) is 4.79 Å². The van der Waals surface area contributed by atoms with Gasteiger partial charge in [-0.05, 0) is 43.2 Å². The van der Waals surface area contributed by atoms with Crippen molar-refractivity contribution in [1.29, 1.82) is 0 Å². The van der Waals surface area contributed by atoms with Crippen LogP contribution < -0.4 is 10.2 Å². The molecule has 1 fully saturated rings. The van der Waals surface area contributed by atoms with E-state index in [2.05, 4.69) is 15.2 Å². The molecule has 150 valence electrons. The number of carbonyl (C=O) groups excluding carboxylic acids is 1. The molecule has 0 radical (unpaired) electrons. The Morgan fingerprint density at radius 2 is 1.83 bits per heavy atom. The molecule has 0 aliphatic carbocycles. The van der Waals surface area contributed by atoms with Gasteiger partial charge in [-0.25, -0.2) is 13.4 Å². The number of aromatic nitrogens is 1. The van der Waals surface area contributed by atoms with Gasteiger partial charge in [0, 0.05) is 18.7 Å². The van der Waals surface area contributed by atoms with Gasteiger partial charge in [-0.15, -0.1) is 0 Å². The number of amides is 1. The second-order valence-electron chi connectivity index (χ2n) is 6.90. The maximum atomic E-state index is 12.6. The Labute approximate surface area is 169 Å². The number of furan rings is 1. The minimum absolute atomic E-state index is 0.0325. The molecule has 29 heavy (non-hydrogen) atoms. The third-order valence-electron chi connectivity index (χ3n) is 4.86. The molecular formula is C21H21N3O4S. The van der Waals surface area contributed by atoms with Gasteiger partial charge >= 0.3 is 0 Å². The Morgan fingerprint density at radius 3 is 2.52 bits per heavy atom. The van der Waals surface area contributed by atoms with Gasteiger partial charge in [0.2, 0.25) is 0 Å². The highest BCUT2D eigenvalue weighted by atomic mass is 32.2. The Bertz CT molecular complexity index is 1090. The third-order valence-corrected chi connectivity index (χ3v) is 6.54. The topological polar surface area (TPSA) is 92.5 Å². The molecule has 8 heteroatoms. The van der Waals surface area contributed by atoms with Crippen molar-refractivity contribution in [2.24, 2.45) is 0 Å². The highest BCUT2D eigenvalue weighted by molar-refractivity contribution is 7.90. The predicted octanol–water partition coefficient (Wildman–Crippen LogP) is 3.50. The average molecular weight is 411 g/mol. The fraction of sp³-hybridized carbons (Fsp3) is 0.238. The molecule has 1 amide bonds. The second kappa shape index (κ2) is 8.08. The molecule has 7 nitrogen and oxygen atoms in total. The van der Waals surface area contributed by atoms with Crippen LogP contribution in [0.3, 0.4) is 0 Å². The van der Waals surface area contributed by atoms with Crippen LogP contribution in [0.5, 0.6) is 0 Å². The maximum absolute atomic E-state index is 12.6. The zero-order valence-corrected chi connectivity index (χ0v) is 16.6. The highest BCUT2D eigenvalue weighted by Gasteiger charge is 2.23. The van der Waals surface area contributed by atoms with Crippen LogP contribution in [0.4, 0.5) is 11.5 Å². The van der Waals surface area contributed by atoms with Crippen LogP contribution in [0.1, 0.15) is 29.0 Å². The number of nitrogens with one attached hydrogen (secondary N) is 1. The summed E-state index contributed by atoms with van der Waals surface area (Å²) in [6, 6.07) is 13.3. The first-order valence-electron chi connectivity index (χ1n) is 9.39. The second-order valence-corrected chi connectivity index (χ2v) is 8.89. The summed E-state index contributed by atoms with van der Waals surface area (Å²) in [5.74, 6) is -0.506. The Hall–Kier alpha value is -3.13. The smallest absolute Gasteiger partial charge is 0.292 e. The number of rotatable bonds is 6. The summed E-state index contributed by atoms with van der Waals surface area (Å²) in [6.07, 6.45) is 5.38. The fourth-order valence-electron chi connectivity index (χ4n) is 3.36. The van der Waals surface area contributed by atoms with Gasteiger partial charge in [-0.1, -0.05) is 18.2 Å². The van der Waals surface area contributed by atoms with Crippen LogP contribution in [0, 0.1) is 0 Å². The zero-order chi connectivity index (χ0) is 20.3. The molecule has 1 saturated heterocycles. The van der Waals surface area contributed by atoms with E-state index in [0.29, 0.717) is 11.4 Å². The number of anilines is 2. The molecule has 1 aliphatic rings. The molecule has 0 bridgehead atoms. The van der Waals surface area contributed by atoms with Crippen molar-refractivity contribution in [1.82, 2.24) is 4.98 Å². The lowest BCUT2D eigenvalue weighted by atomic mass is 10.2. The Balaban J connectivity index is 1.47. The van der Waals surface area contributed by atoms with Gasteiger partial charge in [0.15, 0.2) is 15.6 Å². The minimum Gasteiger partial charge on any atom is -0.459 e. The van der Waals surface area contributed by atoms with E-state index in [1.165, 1.54) is 37.3 Å². The van der Waals surface area contributed by atoms with Crippen LogP contribution in [0.2, 0.25) is 0 Å². The lowest BCUT2D eigenvalue weighted by molar-refractivity contribution is 0.0995. The molecule has 1 N–H and O–H groups in total. The fourth-order valence-corrected chi connectivity index (χ4v) is 4.74. The van der Waals surface area contributed by atoms with Crippen molar-refractivity contribution < 1.29 is 17.6 Å². The molecule has 0 atom stereocenters. The quantitative estimate of drug-likeness (QED) is 0.667. The number of benzene rings is 1. The van der Waals surface area contributed by atoms with Crippen LogP contribution in [0.15, 0.2) is 70.3 Å². The third kappa shape index (κ3) is 4.32. The molecule has 1 aromatic carbocycles. The first-order valence-corrected chi connectivity index (χ1v) is 11.0. The number of hydrogen-bond donors (Lipinski definition) is 1. The molecule has 4 rings (SSSR count). The maximum Gasteiger partial charge on any atom is 0.292 e. The summed E-state index contributed by atoms with van der Waals surface area (Å²) in [5.41, 5.74) is 1.33. The van der Waals surface area contributed by atoms with Crippen LogP contribution in [-0.4, -0.2) is 32.4 Å². The summed E-state index contributed by atoms with van der Waals surface area (Å²) in [4.78, 5) is 19.3. The van der Waals surface area contributed by atoms with Crippen molar-refractivity contribution in [3.8, 4) is 0 Å². The monoisotopic (exact) mass is 411 g/mol. The largest absolute Gasteiger partial charge is 0.459 e. The number of carbonyl (C=O) groups is 1. The summed E-state index contributed by atoms with van der Waals surface area (Å²) in [6.45, 7) is 2.03. The van der Waals surface area contributed by atoms with Crippen LogP contribution in [0.25, 0.3) is 0 Å². The van der Waals surface area contributed by atoms with Gasteiger partial charge < -0.3 is 14.6 Å². The molecule has 0 saturated carbocycles. The van der Waals surface area contributed by atoms with E-state index >= 15 is 0 Å². The van der Waals surface area contributed by atoms with E-state index in [1.54, 1.807) is 30.5 Å². The molecule has 0 unspecified atom stereocenters. The highest BCUT2D eigenvalue weighted by Crippen LogP contribution is 2.22. The van der Waals surface area contributed by atoms with E-state index in [4.69, 9.17) is 4.42 Å². The molecular weight excluding hydrogens is 390 g/mol. The first kappa shape index (κ1) is 19.2. The average Bonchev–Trinajstić information content (AvgIpc) is 3.41. The minimum atomic E-state index is -3.59. The van der Waals surface area contributed by atoms with Gasteiger partial charge in [0.25, 0.3) is 5.91 Å². The van der Waals surface area contributed by atoms with Crippen molar-refractivity contribution >= 4 is 27.2 Å². The van der Waals surface area contributed by atoms with Gasteiger partial charge in [-0.2, -0.15) is 0 Å². The van der Waals surface area contributed by atoms with Crippen molar-refractivity contribution in [3.05, 3.63) is 72.3 Å². The van der Waals surface area contributed by atoms with E-state index in [-0.39, 0.29) is 16.4 Å². The molecule has 3 aromatic rings. The lowest BCUT2D eigenvalue weighted by Crippen LogP contribution is -2.18. The Kier molecular flexibility index (Phi) is 5.35. The normalized spacial score (nSPS) is 14.1. The molecule has 3 heterocycles. The molecule has 0 spiro atoms. The first-order chi connectivity index (χ1) is 14.0. The molecule has 2 aromatic heterocycles. The van der Waals surface area contributed by atoms with E-state index in [1.807, 2.05) is 6.07 Å². The van der Waals surface area contributed by atoms with E-state index in [9.17, 15) is 13.2 Å². The SMILES string of the molecule is O=C(Nc1ccc(N2CCCC2)cn1)c1occc1CS(=O)(=O)c1ccccc1. The summed E-state index contributed by atoms with van der Waals surface area (Å²) < 4.78 is 30.5. The zero-order valence-electron chi connectivity index (χ0n) is 15.7. The number of nitrogens with zero attached hydrogens (tertiary/aromatic N) is 2. The van der Waals surface area contributed by atoms with E-state index in [0.717, 1.165) is 18.8 Å². The van der Waals surface area contributed by atoms with Gasteiger partial charge in [0.05, 0.1) is 28.8 Å². The van der Waals surface area contributed by atoms with E-state index < -0.39 is 15.7 Å². The molecule has 1 aliphatic heterocycles. The van der Waals surface area contributed by atoms with Crippen LogP contribution in [-0.2, 0) is 15.6 Å². The summed E-state index contributed by atoms with van der Waals surface area (Å²) in [5, 5.41) is 2.67. The predicted molar refractivity (Wildman–Crippen MR) is 110 cm³/mol. The van der Waals surface area contributed by atoms with Gasteiger partial charge in [0.1, 0.15) is 5.82 Å². The summed E-state index contributed by atoms with van der Waals surface area (Å²) >= 11 is 0. The van der Waals surface area contributed by atoms with Crippen molar-refractivity contribution in [2.75, 3.05) is 23.3 Å². The number of sulfone groups is 1. The van der Waals surface area contributed by atoms with Crippen LogP contribution >= 0.6 is 0 Å². The number of hydrogen-bond acceptors (Lipinski definition) is 6. The standard InChI is InChI=1S/C21H21N3O4S/c25-21(23-19-9-8-17(14-22-19)24-11-4-5-12-24)20-16(10-13-28-20)15-29(26,27)18-6-2-1-3-7-18/h1-3,6-10,13-14H,4-5,11-12,15H2,(H,22,23,25). The lowest BCUT2D eigenvalue weighted by Gasteiger charge is -2.17. The number of pyridine rings is 1. The van der Waals surface area contributed by atoms with Crippen molar-refractivity contribution in [2.45, 2.75) is 23.5 Å². The Morgan fingerprint density at radius 1 is 1.07 bits per heavy atom.